The van der Waals surface area contributed by atoms with Gasteiger partial charge in [-0.25, -0.2) is 0 Å². The number of nitrogens with one attached hydrogen (secondary N) is 9. The first-order valence-electron chi connectivity index (χ1n) is 48.8. The van der Waals surface area contributed by atoms with Gasteiger partial charge in [-0.2, -0.15) is 5.10 Å². The summed E-state index contributed by atoms with van der Waals surface area (Å²) in [6.45, 7) is 21.5. The second-order valence-corrected chi connectivity index (χ2v) is 38.6. The average Bonchev–Trinajstić information content (AvgIpc) is 0.721. The summed E-state index contributed by atoms with van der Waals surface area (Å²) in [5.41, 5.74) is 5.23. The highest BCUT2D eigenvalue weighted by Crippen LogP contribution is 2.60. The van der Waals surface area contributed by atoms with Crippen LogP contribution >= 0.6 is 0 Å². The number of nitrogens with zero attached hydrogens (tertiary/aromatic N) is 3. The Hall–Kier alpha value is -8.44. The molecule has 133 heavy (non-hydrogen) atoms. The number of carbonyl (C=O) groups excluding carboxylic acids is 10. The van der Waals surface area contributed by atoms with E-state index in [1.165, 1.54) is 23.6 Å². The van der Waals surface area contributed by atoms with E-state index in [-0.39, 0.29) is 106 Å². The Morgan fingerprint density at radius 1 is 0.519 bits per heavy atom. The number of fused-ring (bicyclic) bond motifs is 6. The first-order chi connectivity index (χ1) is 63.8. The number of quaternary nitrogens is 1. The van der Waals surface area contributed by atoms with Gasteiger partial charge in [-0.3, -0.25) is 58.3 Å². The Morgan fingerprint density at radius 3 is 1.65 bits per heavy atom. The molecule has 2 aromatic carbocycles. The van der Waals surface area contributed by atoms with Crippen molar-refractivity contribution in [2.75, 3.05) is 185 Å². The molecule has 34 heteroatoms. The number of unbranched alkanes of at least 4 members (excludes halogenated alkanes) is 1. The summed E-state index contributed by atoms with van der Waals surface area (Å²) in [7, 11) is 6.22. The number of carbonyl (C=O) groups is 10. The van der Waals surface area contributed by atoms with E-state index in [2.05, 4.69) is 132 Å². The van der Waals surface area contributed by atoms with Crippen molar-refractivity contribution < 1.29 is 105 Å². The zero-order chi connectivity index (χ0) is 96.2. The number of nitrogens with two attached hydrogens (primary N) is 1. The van der Waals surface area contributed by atoms with Crippen molar-refractivity contribution in [2.24, 2.45) is 44.5 Å². The number of hydrogen-bond acceptors (Lipinski definition) is 24. The van der Waals surface area contributed by atoms with Gasteiger partial charge in [0, 0.05) is 38.0 Å². The Morgan fingerprint density at radius 2 is 1.06 bits per heavy atom. The molecule has 12 N–H and O–H groups in total. The van der Waals surface area contributed by atoms with E-state index in [4.69, 9.17) is 58.2 Å². The molecule has 12 atom stereocenters. The molecule has 0 aromatic heterocycles. The van der Waals surface area contributed by atoms with E-state index in [0.717, 1.165) is 118 Å². The minimum Gasteiger partial charge on any atom is -0.394 e. The topological polar surface area (TPSA) is 442 Å². The summed E-state index contributed by atoms with van der Waals surface area (Å²) in [4.78, 5) is 143. The van der Waals surface area contributed by atoms with Gasteiger partial charge < -0.3 is 105 Å². The molecule has 0 heterocycles. The molecule has 0 radical (unpaired) electrons. The maximum absolute atomic E-state index is 15.0. The molecule has 744 valence electrons. The van der Waals surface area contributed by atoms with Gasteiger partial charge in [0.25, 0.3) is 0 Å². The van der Waals surface area contributed by atoms with Crippen LogP contribution < -0.4 is 53.7 Å². The highest BCUT2D eigenvalue weighted by atomic mass is 16.6. The molecule has 6 aliphatic carbocycles. The summed E-state index contributed by atoms with van der Waals surface area (Å²) in [5.74, 6) is 7.04. The minimum atomic E-state index is -1.46. The van der Waals surface area contributed by atoms with Gasteiger partial charge in [0.2, 0.25) is 59.1 Å². The lowest BCUT2D eigenvalue weighted by Crippen LogP contribution is -2.60. The quantitative estimate of drug-likeness (QED) is 0.00840. The van der Waals surface area contributed by atoms with Crippen LogP contribution in [0.25, 0.3) is 0 Å². The molecule has 2 unspecified atom stereocenters. The molecular weight excluding hydrogens is 1710 g/mol. The highest BCUT2D eigenvalue weighted by molar-refractivity contribution is 6.44. The standard InChI is InChI=1S/C99H157N13O21/c1-69(2)88(93(121)105-71(4)90(118)108-80(66-113)92(120)106-74-34-31-73-33-36-83-97(6,77(73)65-74)40-23-42-99(83,8)95(123)110-94(122)98(7)41-22-39-96(5)76-64-70(3)29-30-72(76)32-35-82(96)98)109-91(119)79(107-85(115)38-49-125-53-57-129-61-63-131-59-55-127-51-46-104-86(116)67-132-75-24-16-13-12-14-17-25-75)27-20-21-43-102-87(117)68-133-81-28-19-15-18-26-78(89(81)111-100)101-45-50-126-54-58-130-62-60-128-56-52-124-48-37-84(114)103-44-47-112(9,10)11/h29-31,34,64-65,69,71,75,79-83,88,113H,12-16,18-24,26-28,32-33,35-63,66-68H2,1-11H3,(H10-,100,101,102,103,104,105,106,107,108,109,110,114,115,116,117,118,119,120,121,122,123)/p+1/t71-,75?,79+,80-,81?,82+,83+,88-,96+,97+,98-,99-/m0/s1. The Kier molecular flexibility index (Phi) is 47.0. The molecule has 0 bridgehead atoms. The predicted molar refractivity (Wildman–Crippen MR) is 506 cm³/mol. The van der Waals surface area contributed by atoms with Crippen LogP contribution in [0.2, 0.25) is 0 Å². The zero-order valence-electron chi connectivity index (χ0n) is 81.3. The summed E-state index contributed by atoms with van der Waals surface area (Å²) >= 11 is 0. The fourth-order valence-electron chi connectivity index (χ4n) is 19.4. The van der Waals surface area contributed by atoms with E-state index in [9.17, 15) is 53.1 Å². The molecule has 8 rings (SSSR count). The van der Waals surface area contributed by atoms with Crippen LogP contribution in [0.4, 0.5) is 5.69 Å². The third-order valence-corrected chi connectivity index (χ3v) is 27.0. The SMILES string of the molecule is Cc1ccc2c(c1)[C@@]1(C)CCC[C@](C)(C(=O)NC(=O)[C@@]3(C)CCC[C@]4(C)c5cc(NC(=O)[C@H](CO)NC(=O)[C@H](C)NC(=O)[C@@H](NC(=O)[C@@H](CCCCNC(=O)COC6CCCCCC(=NCCOCCOCCOCCOCCC(=O)NCC[N+](C)(C)C)C6=NN)NC(=O)CCOCCOCCOCCOCCNC(=O)COC6C#CCCCCC6)C(C)C)ccc5CC[C@@H]34)[C@@H]1CC2. The molecule has 10 amide bonds. The second-order valence-electron chi connectivity index (χ2n) is 38.6. The fraction of sp³-hybridized carbons (Fsp3) is 0.737. The lowest BCUT2D eigenvalue weighted by atomic mass is 9.49. The molecule has 0 aliphatic heterocycles. The number of aliphatic hydroxyl groups is 1. The van der Waals surface area contributed by atoms with Crippen molar-refractivity contribution in [1.82, 2.24) is 42.5 Å². The van der Waals surface area contributed by atoms with Gasteiger partial charge in [-0.1, -0.05) is 109 Å². The molecule has 3 saturated carbocycles. The van der Waals surface area contributed by atoms with Crippen LogP contribution in [0.1, 0.15) is 224 Å². The van der Waals surface area contributed by atoms with Crippen LogP contribution in [0.15, 0.2) is 46.5 Å². The number of hydrazone groups is 1. The Balaban J connectivity index is 0.778. The third-order valence-electron chi connectivity index (χ3n) is 27.0. The number of amides is 10. The van der Waals surface area contributed by atoms with Crippen LogP contribution in [0.3, 0.4) is 0 Å². The minimum absolute atomic E-state index is 0.0116. The van der Waals surface area contributed by atoms with Gasteiger partial charge in [0.05, 0.1) is 170 Å². The van der Waals surface area contributed by atoms with E-state index in [0.29, 0.717) is 167 Å². The van der Waals surface area contributed by atoms with E-state index < -0.39 is 94.5 Å². The summed E-state index contributed by atoms with van der Waals surface area (Å²) < 4.78 is 57.7. The van der Waals surface area contributed by atoms with Crippen LogP contribution in [0.5, 0.6) is 0 Å². The molecule has 0 spiro atoms. The summed E-state index contributed by atoms with van der Waals surface area (Å²) in [5, 5.41) is 40.1. The fourth-order valence-corrected chi connectivity index (χ4v) is 19.4. The maximum atomic E-state index is 15.0. The summed E-state index contributed by atoms with van der Waals surface area (Å²) in [6, 6.07) is 7.24. The number of anilines is 1. The van der Waals surface area contributed by atoms with Gasteiger partial charge in [-0.05, 0) is 186 Å². The van der Waals surface area contributed by atoms with E-state index >= 15 is 0 Å². The van der Waals surface area contributed by atoms with Gasteiger partial charge in [0.1, 0.15) is 55.3 Å². The van der Waals surface area contributed by atoms with Crippen LogP contribution in [-0.4, -0.2) is 296 Å². The van der Waals surface area contributed by atoms with Crippen molar-refractivity contribution in [1.29, 1.82) is 0 Å². The van der Waals surface area contributed by atoms with Crippen LogP contribution in [0, 0.1) is 47.3 Å². The lowest BCUT2D eigenvalue weighted by molar-refractivity contribution is -0.869. The number of likely N-dealkylation sites (N-methyl/N-ethyl adjacent to an activating group) is 1. The molecule has 2 aromatic rings. The number of imide groups is 1. The maximum Gasteiger partial charge on any atom is 0.249 e. The number of benzene rings is 2. The Bertz CT molecular complexity index is 4190. The Labute approximate surface area is 788 Å². The van der Waals surface area contributed by atoms with Crippen molar-refractivity contribution in [3.8, 4) is 11.8 Å². The molecule has 0 saturated heterocycles. The number of aliphatic hydroxyl groups excluding tert-OH is 1. The smallest absolute Gasteiger partial charge is 0.249 e. The first kappa shape index (κ1) is 110. The van der Waals surface area contributed by atoms with Crippen LogP contribution in [-0.2, 0) is 119 Å². The average molecular weight is 1870 g/mol. The van der Waals surface area contributed by atoms with Gasteiger partial charge in [-0.15, -0.1) is 5.92 Å². The van der Waals surface area contributed by atoms with Crippen molar-refractivity contribution in [3.63, 3.8) is 0 Å². The molecular formula is C99H158N13O21+. The monoisotopic (exact) mass is 1870 g/mol. The largest absolute Gasteiger partial charge is 0.394 e. The van der Waals surface area contributed by atoms with Gasteiger partial charge >= 0.3 is 0 Å². The molecule has 3 fully saturated rings. The molecule has 6 aliphatic rings. The summed E-state index contributed by atoms with van der Waals surface area (Å²) in [6.07, 6.45) is 16.8. The number of aryl methyl sites for hydroxylation is 3. The normalized spacial score (nSPS) is 23.3. The van der Waals surface area contributed by atoms with Crippen molar-refractivity contribution in [3.05, 3.63) is 64.2 Å². The predicted octanol–water partition coefficient (Wildman–Crippen LogP) is 6.50. The third kappa shape index (κ3) is 35.6. The zero-order valence-corrected chi connectivity index (χ0v) is 81.3. The van der Waals surface area contributed by atoms with Crippen molar-refractivity contribution in [2.45, 2.75) is 263 Å². The lowest BCUT2D eigenvalue weighted by Gasteiger charge is -2.56. The number of aliphatic imine (C=N–C) groups is 1. The highest BCUT2D eigenvalue weighted by Gasteiger charge is 2.59. The molecule has 34 nitrogen and oxygen atoms in total. The van der Waals surface area contributed by atoms with Crippen molar-refractivity contribution >= 4 is 76.2 Å². The number of ether oxygens (including phenoxy) is 10. The van der Waals surface area contributed by atoms with Gasteiger partial charge in [0.15, 0.2) is 0 Å². The number of hydrogen-bond donors (Lipinski definition) is 11. The number of rotatable bonds is 57. The van der Waals surface area contributed by atoms with E-state index in [1.807, 2.05) is 19.1 Å². The van der Waals surface area contributed by atoms with E-state index in [1.54, 1.807) is 19.9 Å². The first-order valence-corrected chi connectivity index (χ1v) is 48.8. The second kappa shape index (κ2) is 56.9.